The Morgan fingerprint density at radius 3 is 2.14 bits per heavy atom. The minimum absolute atomic E-state index is 0.101. The second-order valence-corrected chi connectivity index (χ2v) is 5.71. The van der Waals surface area contributed by atoms with Crippen molar-refractivity contribution in [1.82, 2.24) is 4.98 Å². The number of nitrogens with zero attached hydrogens (tertiary/aromatic N) is 1. The van der Waals surface area contributed by atoms with E-state index in [1.54, 1.807) is 0 Å². The van der Waals surface area contributed by atoms with Crippen LogP contribution < -0.4 is 4.72 Å². The van der Waals surface area contributed by atoms with Crippen molar-refractivity contribution in [3.05, 3.63) is 48.3 Å². The van der Waals surface area contributed by atoms with Crippen LogP contribution >= 0.6 is 0 Å². The molecule has 1 heterocycles. The highest BCUT2D eigenvalue weighted by Crippen LogP contribution is 2.28. The van der Waals surface area contributed by atoms with E-state index in [2.05, 4.69) is 9.71 Å². The van der Waals surface area contributed by atoms with Gasteiger partial charge in [-0.25, -0.2) is 13.4 Å². The zero-order chi connectivity index (χ0) is 15.7. The van der Waals surface area contributed by atoms with Gasteiger partial charge >= 0.3 is 6.18 Å². The normalized spacial score (nSPS) is 12.1. The Balaban J connectivity index is 2.23. The largest absolute Gasteiger partial charge is 0.508 e. The summed E-state index contributed by atoms with van der Waals surface area (Å²) in [6, 6.07) is 6.33. The quantitative estimate of drug-likeness (QED) is 0.912. The van der Waals surface area contributed by atoms with Crippen LogP contribution in [0.15, 0.2) is 47.5 Å². The van der Waals surface area contributed by atoms with Crippen LogP contribution in [0.1, 0.15) is 5.69 Å². The average molecular weight is 318 g/mol. The fourth-order valence-electron chi connectivity index (χ4n) is 1.46. The number of alkyl halides is 3. The fraction of sp³-hybridized carbons (Fsp3) is 0.0833. The molecule has 2 N–H and O–H groups in total. The number of nitrogens with one attached hydrogen (secondary N) is 1. The minimum atomic E-state index is -4.59. The summed E-state index contributed by atoms with van der Waals surface area (Å²) in [5.41, 5.74) is -1.22. The molecule has 0 aliphatic rings. The number of phenols is 1. The highest BCUT2D eigenvalue weighted by molar-refractivity contribution is 7.92. The smallest absolute Gasteiger partial charge is 0.433 e. The third kappa shape index (κ3) is 3.63. The first-order valence-corrected chi connectivity index (χ1v) is 7.02. The number of sulfonamides is 1. The number of aromatic nitrogens is 1. The first-order chi connectivity index (χ1) is 9.68. The van der Waals surface area contributed by atoms with Crippen LogP contribution in [0.2, 0.25) is 0 Å². The molecule has 0 radical (unpaired) electrons. The minimum Gasteiger partial charge on any atom is -0.508 e. The molecule has 0 amide bonds. The van der Waals surface area contributed by atoms with Crippen molar-refractivity contribution in [2.45, 2.75) is 11.1 Å². The van der Waals surface area contributed by atoms with E-state index >= 15 is 0 Å². The summed E-state index contributed by atoms with van der Waals surface area (Å²) < 4.78 is 63.0. The van der Waals surface area contributed by atoms with Crippen molar-refractivity contribution >= 4 is 15.7 Å². The molecule has 5 nitrogen and oxygen atoms in total. The number of aromatic hydroxyl groups is 1. The van der Waals surface area contributed by atoms with E-state index in [1.807, 2.05) is 0 Å². The third-order valence-electron chi connectivity index (χ3n) is 2.45. The lowest BCUT2D eigenvalue weighted by atomic mass is 10.3. The Bertz CT molecular complexity index is 726. The van der Waals surface area contributed by atoms with Crippen molar-refractivity contribution in [2.24, 2.45) is 0 Å². The molecule has 0 spiro atoms. The summed E-state index contributed by atoms with van der Waals surface area (Å²) in [5, 5.41) is 9.09. The van der Waals surface area contributed by atoms with Crippen LogP contribution in [0.3, 0.4) is 0 Å². The summed E-state index contributed by atoms with van der Waals surface area (Å²) in [4.78, 5) is 3.01. The molecule has 0 aliphatic heterocycles. The van der Waals surface area contributed by atoms with Gasteiger partial charge in [-0.15, -0.1) is 0 Å². The summed E-state index contributed by atoms with van der Waals surface area (Å²) in [7, 11) is -3.96. The van der Waals surface area contributed by atoms with Gasteiger partial charge in [0.1, 0.15) is 11.4 Å². The molecule has 21 heavy (non-hydrogen) atoms. The molecular weight excluding hydrogens is 309 g/mol. The van der Waals surface area contributed by atoms with E-state index in [0.717, 1.165) is 24.4 Å². The highest BCUT2D eigenvalue weighted by Gasteiger charge is 2.32. The van der Waals surface area contributed by atoms with Gasteiger partial charge in [-0.3, -0.25) is 4.72 Å². The second kappa shape index (κ2) is 5.24. The molecule has 2 aromatic rings. The van der Waals surface area contributed by atoms with Gasteiger partial charge in [0.25, 0.3) is 10.0 Å². The van der Waals surface area contributed by atoms with Gasteiger partial charge < -0.3 is 5.11 Å². The number of halogens is 3. The van der Waals surface area contributed by atoms with Crippen LogP contribution in [0.5, 0.6) is 5.75 Å². The van der Waals surface area contributed by atoms with Crippen molar-refractivity contribution in [3.8, 4) is 5.75 Å². The third-order valence-corrected chi connectivity index (χ3v) is 3.85. The zero-order valence-corrected chi connectivity index (χ0v) is 11.1. The Hall–Kier alpha value is -2.29. The summed E-state index contributed by atoms with van der Waals surface area (Å²) in [6.07, 6.45) is -3.81. The molecule has 0 saturated carbocycles. The van der Waals surface area contributed by atoms with Gasteiger partial charge in [-0.2, -0.15) is 13.2 Å². The summed E-state index contributed by atoms with van der Waals surface area (Å²) in [5.74, 6) is -0.106. The highest BCUT2D eigenvalue weighted by atomic mass is 32.2. The number of pyridine rings is 1. The van der Waals surface area contributed by atoms with Gasteiger partial charge in [0.2, 0.25) is 0 Å². The number of anilines is 1. The molecule has 1 aromatic carbocycles. The van der Waals surface area contributed by atoms with Crippen molar-refractivity contribution in [3.63, 3.8) is 0 Å². The maximum atomic E-state index is 12.3. The molecule has 2 rings (SSSR count). The molecule has 0 fully saturated rings. The van der Waals surface area contributed by atoms with Gasteiger partial charge in [0.05, 0.1) is 16.8 Å². The first kappa shape index (κ1) is 15.1. The molecule has 0 unspecified atom stereocenters. The lowest BCUT2D eigenvalue weighted by Crippen LogP contribution is -2.14. The molecule has 0 aliphatic carbocycles. The molecule has 0 atom stereocenters. The van der Waals surface area contributed by atoms with Gasteiger partial charge in [0.15, 0.2) is 0 Å². The van der Waals surface area contributed by atoms with Crippen LogP contribution in [-0.2, 0) is 16.2 Å². The summed E-state index contributed by atoms with van der Waals surface area (Å²) >= 11 is 0. The molecule has 0 saturated heterocycles. The number of hydrogen-bond donors (Lipinski definition) is 2. The van der Waals surface area contributed by atoms with Crippen LogP contribution in [0.25, 0.3) is 0 Å². The van der Waals surface area contributed by atoms with Crippen LogP contribution in [-0.4, -0.2) is 18.5 Å². The van der Waals surface area contributed by atoms with E-state index in [9.17, 15) is 21.6 Å². The van der Waals surface area contributed by atoms with Crippen molar-refractivity contribution in [2.75, 3.05) is 4.72 Å². The lowest BCUT2D eigenvalue weighted by molar-refractivity contribution is -0.141. The number of rotatable bonds is 3. The summed E-state index contributed by atoms with van der Waals surface area (Å²) in [6.45, 7) is 0. The van der Waals surface area contributed by atoms with Crippen molar-refractivity contribution < 1.29 is 26.7 Å². The van der Waals surface area contributed by atoms with E-state index in [-0.39, 0.29) is 16.3 Å². The fourth-order valence-corrected chi connectivity index (χ4v) is 2.50. The maximum Gasteiger partial charge on any atom is 0.433 e. The lowest BCUT2D eigenvalue weighted by Gasteiger charge is -2.09. The van der Waals surface area contributed by atoms with Gasteiger partial charge in [-0.05, 0) is 36.4 Å². The predicted molar refractivity (Wildman–Crippen MR) is 68.2 cm³/mol. The standard InChI is InChI=1S/C12H9F3N2O3S/c13-12(14,15)11-6-1-8(7-16-11)17-21(19,20)10-4-2-9(18)3-5-10/h1-7,17-18H. The number of phenolic OH excluding ortho intramolecular Hbond substituents is 1. The first-order valence-electron chi connectivity index (χ1n) is 5.53. The van der Waals surface area contributed by atoms with Crippen LogP contribution in [0, 0.1) is 0 Å². The molecule has 9 heteroatoms. The zero-order valence-electron chi connectivity index (χ0n) is 10.3. The Kier molecular flexibility index (Phi) is 3.77. The van der Waals surface area contributed by atoms with Crippen LogP contribution in [0.4, 0.5) is 18.9 Å². The van der Waals surface area contributed by atoms with Gasteiger partial charge in [-0.1, -0.05) is 0 Å². The van der Waals surface area contributed by atoms with E-state index in [1.165, 1.54) is 12.1 Å². The molecule has 112 valence electrons. The Morgan fingerprint density at radius 2 is 1.67 bits per heavy atom. The molecule has 1 aromatic heterocycles. The maximum absolute atomic E-state index is 12.3. The topological polar surface area (TPSA) is 79.3 Å². The second-order valence-electron chi connectivity index (χ2n) is 4.03. The predicted octanol–water partition coefficient (Wildman–Crippen LogP) is 2.61. The van der Waals surface area contributed by atoms with E-state index in [4.69, 9.17) is 5.11 Å². The number of benzene rings is 1. The van der Waals surface area contributed by atoms with E-state index < -0.39 is 21.9 Å². The average Bonchev–Trinajstić information content (AvgIpc) is 2.38. The molecular formula is C12H9F3N2O3S. The Labute approximate surface area is 118 Å². The monoisotopic (exact) mass is 318 g/mol. The van der Waals surface area contributed by atoms with E-state index in [0.29, 0.717) is 6.07 Å². The van der Waals surface area contributed by atoms with Crippen molar-refractivity contribution in [1.29, 1.82) is 0 Å². The Morgan fingerprint density at radius 1 is 1.05 bits per heavy atom. The van der Waals surface area contributed by atoms with Gasteiger partial charge in [0, 0.05) is 0 Å². The number of hydrogen-bond acceptors (Lipinski definition) is 4. The molecule has 0 bridgehead atoms. The SMILES string of the molecule is O=S(=O)(Nc1ccc(C(F)(F)F)nc1)c1ccc(O)cc1.